The molecule has 0 radical (unpaired) electrons. The molecule has 0 spiro atoms. The number of amides is 1. The molecule has 1 aliphatic carbocycles. The fourth-order valence-corrected chi connectivity index (χ4v) is 3.61. The molecule has 0 bridgehead atoms. The van der Waals surface area contributed by atoms with Gasteiger partial charge in [0, 0.05) is 13.0 Å². The minimum atomic E-state index is 0.140. The van der Waals surface area contributed by atoms with Crippen LogP contribution in [0.25, 0.3) is 5.57 Å². The molecule has 2 aromatic rings. The number of allylic oxidation sites excluding steroid dienone is 1. The summed E-state index contributed by atoms with van der Waals surface area (Å²) in [5, 5.41) is 3.05. The molecular weight excluding hydrogens is 322 g/mol. The van der Waals surface area contributed by atoms with E-state index in [-0.39, 0.29) is 5.91 Å². The Hall–Kier alpha value is -2.55. The second-order valence-corrected chi connectivity index (χ2v) is 6.79. The summed E-state index contributed by atoms with van der Waals surface area (Å²) in [4.78, 5) is 11.8. The van der Waals surface area contributed by atoms with Gasteiger partial charge < -0.3 is 10.1 Å². The van der Waals surface area contributed by atoms with Crippen LogP contribution in [0.4, 0.5) is 0 Å². The average molecular weight is 349 g/mol. The van der Waals surface area contributed by atoms with Crippen LogP contribution in [0.2, 0.25) is 0 Å². The van der Waals surface area contributed by atoms with Gasteiger partial charge in [0.25, 0.3) is 0 Å². The van der Waals surface area contributed by atoms with Crippen molar-refractivity contribution in [2.75, 3.05) is 13.7 Å². The number of carbonyl (C=O) groups excluding carboxylic acids is 1. The van der Waals surface area contributed by atoms with Crippen LogP contribution in [0.3, 0.4) is 0 Å². The van der Waals surface area contributed by atoms with Crippen molar-refractivity contribution >= 4 is 11.5 Å². The first-order chi connectivity index (χ1) is 12.7. The molecule has 3 heteroatoms. The van der Waals surface area contributed by atoms with Gasteiger partial charge in [-0.15, -0.1) is 0 Å². The number of hydrogen-bond acceptors (Lipinski definition) is 2. The monoisotopic (exact) mass is 349 g/mol. The Morgan fingerprint density at radius 2 is 1.96 bits per heavy atom. The zero-order chi connectivity index (χ0) is 18.4. The summed E-state index contributed by atoms with van der Waals surface area (Å²) in [6, 6.07) is 16.9. The highest BCUT2D eigenvalue weighted by molar-refractivity contribution is 5.79. The number of fused-ring (bicyclic) bond motifs is 1. The lowest BCUT2D eigenvalue weighted by atomic mass is 9.98. The topological polar surface area (TPSA) is 38.3 Å². The highest BCUT2D eigenvalue weighted by Crippen LogP contribution is 2.38. The number of hydrogen-bond donors (Lipinski definition) is 1. The Bertz CT molecular complexity index is 793. The van der Waals surface area contributed by atoms with Crippen molar-refractivity contribution in [3.05, 3.63) is 70.8 Å². The van der Waals surface area contributed by atoms with Crippen LogP contribution in [0.15, 0.2) is 54.1 Å². The third-order valence-corrected chi connectivity index (χ3v) is 4.91. The summed E-state index contributed by atoms with van der Waals surface area (Å²) in [5.74, 6) is 1.03. The Morgan fingerprint density at radius 1 is 1.15 bits per heavy atom. The van der Waals surface area contributed by atoms with Crippen LogP contribution in [-0.4, -0.2) is 19.6 Å². The van der Waals surface area contributed by atoms with Crippen molar-refractivity contribution in [2.45, 2.75) is 39.0 Å². The summed E-state index contributed by atoms with van der Waals surface area (Å²) in [6.07, 6.45) is 4.27. The first-order valence-electron chi connectivity index (χ1n) is 9.40. The predicted molar refractivity (Wildman–Crippen MR) is 106 cm³/mol. The van der Waals surface area contributed by atoms with E-state index in [4.69, 9.17) is 4.74 Å². The molecule has 0 atom stereocenters. The van der Waals surface area contributed by atoms with Gasteiger partial charge in [-0.2, -0.15) is 0 Å². The molecule has 2 aromatic carbocycles. The van der Waals surface area contributed by atoms with Crippen molar-refractivity contribution in [3.63, 3.8) is 0 Å². The molecule has 0 fully saturated rings. The predicted octanol–water partition coefficient (Wildman–Crippen LogP) is 4.55. The van der Waals surface area contributed by atoms with Crippen LogP contribution in [0, 0.1) is 0 Å². The van der Waals surface area contributed by atoms with Crippen LogP contribution >= 0.6 is 0 Å². The van der Waals surface area contributed by atoms with E-state index in [0.29, 0.717) is 13.0 Å². The maximum absolute atomic E-state index is 11.8. The van der Waals surface area contributed by atoms with Crippen molar-refractivity contribution < 1.29 is 9.53 Å². The second kappa shape index (κ2) is 8.70. The molecule has 26 heavy (non-hydrogen) atoms. The van der Waals surface area contributed by atoms with Gasteiger partial charge in [0.05, 0.1) is 7.11 Å². The van der Waals surface area contributed by atoms with E-state index >= 15 is 0 Å². The summed E-state index contributed by atoms with van der Waals surface area (Å²) in [6.45, 7) is 2.71. The lowest BCUT2D eigenvalue weighted by Crippen LogP contribution is -2.24. The number of rotatable bonds is 8. The molecule has 3 rings (SSSR count). The lowest BCUT2D eigenvalue weighted by Gasteiger charge is -2.11. The van der Waals surface area contributed by atoms with Gasteiger partial charge in [0.15, 0.2) is 0 Å². The maximum Gasteiger partial charge on any atom is 0.219 e. The van der Waals surface area contributed by atoms with Crippen LogP contribution in [0.5, 0.6) is 5.75 Å². The fraction of sp³-hybridized carbons (Fsp3) is 0.348. The first kappa shape index (κ1) is 18.2. The van der Waals surface area contributed by atoms with Crippen molar-refractivity contribution in [1.29, 1.82) is 0 Å². The summed E-state index contributed by atoms with van der Waals surface area (Å²) in [7, 11) is 1.70. The van der Waals surface area contributed by atoms with E-state index in [1.165, 1.54) is 27.8 Å². The van der Waals surface area contributed by atoms with Crippen molar-refractivity contribution in [3.8, 4) is 5.75 Å². The minimum Gasteiger partial charge on any atom is -0.497 e. The summed E-state index contributed by atoms with van der Waals surface area (Å²) >= 11 is 0. The number of methoxy groups -OCH3 is 1. The lowest BCUT2D eigenvalue weighted by molar-refractivity contribution is -0.121. The molecule has 136 valence electrons. The van der Waals surface area contributed by atoms with E-state index < -0.39 is 0 Å². The molecule has 0 heterocycles. The van der Waals surface area contributed by atoms with E-state index in [9.17, 15) is 4.79 Å². The standard InChI is InChI=1S/C23H27NO2/c1-3-7-23(25)24-13-12-21-19(14-17-8-5-4-6-9-17)15-18-10-11-20(26-2)16-22(18)21/h4-6,8-11,16H,3,7,12-15H2,1-2H3,(H,24,25). The third-order valence-electron chi connectivity index (χ3n) is 4.91. The highest BCUT2D eigenvalue weighted by atomic mass is 16.5. The van der Waals surface area contributed by atoms with Crippen LogP contribution in [-0.2, 0) is 17.6 Å². The molecule has 1 aliphatic rings. The van der Waals surface area contributed by atoms with Gasteiger partial charge in [0.2, 0.25) is 5.91 Å². The van der Waals surface area contributed by atoms with Crippen LogP contribution < -0.4 is 10.1 Å². The Kier molecular flexibility index (Phi) is 6.11. The van der Waals surface area contributed by atoms with Gasteiger partial charge in [-0.1, -0.05) is 48.9 Å². The van der Waals surface area contributed by atoms with Crippen molar-refractivity contribution in [2.24, 2.45) is 0 Å². The number of benzene rings is 2. The maximum atomic E-state index is 11.8. The quantitative estimate of drug-likeness (QED) is 0.759. The molecule has 1 N–H and O–H groups in total. The van der Waals surface area contributed by atoms with Gasteiger partial charge in [-0.25, -0.2) is 0 Å². The molecule has 1 amide bonds. The van der Waals surface area contributed by atoms with Crippen molar-refractivity contribution in [1.82, 2.24) is 5.32 Å². The SMILES string of the molecule is CCCC(=O)NCCC1=C(Cc2ccccc2)Cc2ccc(OC)cc21. The zero-order valence-electron chi connectivity index (χ0n) is 15.7. The number of carbonyl (C=O) groups is 1. The average Bonchev–Trinajstić information content (AvgIpc) is 2.99. The molecule has 0 aromatic heterocycles. The molecule has 0 saturated heterocycles. The summed E-state index contributed by atoms with van der Waals surface area (Å²) < 4.78 is 5.42. The summed E-state index contributed by atoms with van der Waals surface area (Å²) in [5.41, 5.74) is 6.77. The Balaban J connectivity index is 1.81. The van der Waals surface area contributed by atoms with Crippen LogP contribution in [0.1, 0.15) is 42.9 Å². The van der Waals surface area contributed by atoms with E-state index in [1.807, 2.05) is 13.0 Å². The fourth-order valence-electron chi connectivity index (χ4n) is 3.61. The van der Waals surface area contributed by atoms with Gasteiger partial charge in [-0.05, 0) is 60.1 Å². The Morgan fingerprint density at radius 3 is 2.69 bits per heavy atom. The van der Waals surface area contributed by atoms with E-state index in [1.54, 1.807) is 7.11 Å². The van der Waals surface area contributed by atoms with Gasteiger partial charge in [-0.3, -0.25) is 4.79 Å². The smallest absolute Gasteiger partial charge is 0.219 e. The van der Waals surface area contributed by atoms with Gasteiger partial charge in [0.1, 0.15) is 5.75 Å². The largest absolute Gasteiger partial charge is 0.497 e. The Labute approximate surface area is 156 Å². The molecule has 3 nitrogen and oxygen atoms in total. The van der Waals surface area contributed by atoms with E-state index in [2.05, 4.69) is 47.8 Å². The molecule has 0 saturated carbocycles. The van der Waals surface area contributed by atoms with E-state index in [0.717, 1.165) is 31.4 Å². The molecule has 0 unspecified atom stereocenters. The molecule has 0 aliphatic heterocycles. The molecular formula is C23H27NO2. The third kappa shape index (κ3) is 4.34. The van der Waals surface area contributed by atoms with Gasteiger partial charge >= 0.3 is 0 Å². The normalized spacial score (nSPS) is 12.8. The highest BCUT2D eigenvalue weighted by Gasteiger charge is 2.22. The second-order valence-electron chi connectivity index (χ2n) is 6.79. The number of nitrogens with one attached hydrogen (secondary N) is 1. The zero-order valence-corrected chi connectivity index (χ0v) is 15.7. The first-order valence-corrected chi connectivity index (χ1v) is 9.40. The minimum absolute atomic E-state index is 0.140. The number of ether oxygens (including phenoxy) is 1.